The highest BCUT2D eigenvalue weighted by Gasteiger charge is 2.41. The van der Waals surface area contributed by atoms with Gasteiger partial charge < -0.3 is 9.80 Å². The van der Waals surface area contributed by atoms with E-state index in [0.717, 1.165) is 11.0 Å². The van der Waals surface area contributed by atoms with E-state index in [1.54, 1.807) is 25.1 Å². The summed E-state index contributed by atoms with van der Waals surface area (Å²) in [6, 6.07) is 8.95. The molecule has 1 aliphatic rings. The summed E-state index contributed by atoms with van der Waals surface area (Å²) in [5, 5.41) is 22.6. The summed E-state index contributed by atoms with van der Waals surface area (Å²) >= 11 is 0. The van der Waals surface area contributed by atoms with Crippen molar-refractivity contribution >= 4 is 28.4 Å². The Kier molecular flexibility index (Phi) is 6.80. The van der Waals surface area contributed by atoms with Crippen LogP contribution in [0.5, 0.6) is 0 Å². The van der Waals surface area contributed by atoms with Crippen LogP contribution in [0.25, 0.3) is 10.8 Å². The molecule has 0 bridgehead atoms. The highest BCUT2D eigenvalue weighted by atomic mass is 19.4. The minimum absolute atomic E-state index is 0.142. The number of aromatic amines is 1. The number of nitrogens with zero attached hydrogens (tertiary/aromatic N) is 3. The molecule has 0 radical (unpaired) electrons. The van der Waals surface area contributed by atoms with Gasteiger partial charge in [-0.05, 0) is 42.8 Å². The van der Waals surface area contributed by atoms with Gasteiger partial charge in [-0.15, -0.1) is 5.92 Å². The molecular formula is C25H20F4N6O2. The topological polar surface area (TPSA) is 117 Å². The number of amidine groups is 2. The van der Waals surface area contributed by atoms with E-state index in [0.29, 0.717) is 32.5 Å². The molecule has 37 heavy (non-hydrogen) atoms. The van der Waals surface area contributed by atoms with E-state index in [9.17, 15) is 27.2 Å². The number of halogens is 4. The molecule has 1 aromatic heterocycles. The van der Waals surface area contributed by atoms with E-state index in [1.165, 1.54) is 12.1 Å². The largest absolute Gasteiger partial charge is 0.449 e. The van der Waals surface area contributed by atoms with Gasteiger partial charge in [0.25, 0.3) is 11.5 Å². The molecule has 2 aromatic carbocycles. The minimum Gasteiger partial charge on any atom is -0.329 e. The normalized spacial score (nSPS) is 13.9. The molecule has 0 spiro atoms. The zero-order valence-corrected chi connectivity index (χ0v) is 19.5. The summed E-state index contributed by atoms with van der Waals surface area (Å²) in [4.78, 5) is 26.8. The van der Waals surface area contributed by atoms with Crippen LogP contribution in [-0.4, -0.2) is 63.4 Å². The van der Waals surface area contributed by atoms with Crippen molar-refractivity contribution in [2.75, 3.05) is 19.6 Å². The van der Waals surface area contributed by atoms with Crippen LogP contribution in [-0.2, 0) is 6.42 Å². The fraction of sp³-hybridized carbons (Fsp3) is 0.240. The van der Waals surface area contributed by atoms with Crippen molar-refractivity contribution in [1.82, 2.24) is 20.0 Å². The molecule has 0 atom stereocenters. The number of piperazine rings is 1. The van der Waals surface area contributed by atoms with Crippen molar-refractivity contribution in [3.8, 4) is 11.8 Å². The lowest BCUT2D eigenvalue weighted by atomic mass is 10.0. The Morgan fingerprint density at radius 3 is 2.59 bits per heavy atom. The van der Waals surface area contributed by atoms with Gasteiger partial charge in [-0.3, -0.25) is 20.4 Å². The third kappa shape index (κ3) is 5.20. The highest BCUT2D eigenvalue weighted by Crippen LogP contribution is 2.23. The van der Waals surface area contributed by atoms with Crippen LogP contribution in [0.4, 0.5) is 17.6 Å². The molecule has 3 N–H and O–H groups in total. The fourth-order valence-electron chi connectivity index (χ4n) is 4.06. The number of benzene rings is 2. The number of hydrogen-bond donors (Lipinski definition) is 3. The second-order valence-corrected chi connectivity index (χ2v) is 8.30. The Hall–Kier alpha value is -4.53. The van der Waals surface area contributed by atoms with Crippen molar-refractivity contribution < 1.29 is 22.4 Å². The van der Waals surface area contributed by atoms with E-state index < -0.39 is 42.7 Å². The SMILES string of the molecule is CC#Cc1ccc2c(=O)[nH]nc(Cc3ccc(F)c(C(=O)N4CCN(C(=N)C(F)(F)F)C(=N)C4)c3)c2c1. The lowest BCUT2D eigenvalue weighted by molar-refractivity contribution is -0.0675. The van der Waals surface area contributed by atoms with Crippen molar-refractivity contribution in [2.45, 2.75) is 19.5 Å². The number of amides is 1. The summed E-state index contributed by atoms with van der Waals surface area (Å²) in [5.41, 5.74) is 0.963. The average Bonchev–Trinajstić information content (AvgIpc) is 2.85. The first kappa shape index (κ1) is 25.6. The number of aromatic nitrogens is 2. The van der Waals surface area contributed by atoms with Crippen molar-refractivity contribution in [2.24, 2.45) is 0 Å². The number of nitrogens with one attached hydrogen (secondary N) is 3. The monoisotopic (exact) mass is 512 g/mol. The molecule has 8 nitrogen and oxygen atoms in total. The van der Waals surface area contributed by atoms with Gasteiger partial charge >= 0.3 is 6.18 Å². The number of alkyl halides is 3. The fourth-order valence-corrected chi connectivity index (χ4v) is 4.06. The Bertz CT molecular complexity index is 1550. The van der Waals surface area contributed by atoms with Crippen LogP contribution in [0.1, 0.15) is 34.1 Å². The van der Waals surface area contributed by atoms with Crippen LogP contribution in [0.3, 0.4) is 0 Å². The van der Waals surface area contributed by atoms with Crippen LogP contribution in [0.2, 0.25) is 0 Å². The van der Waals surface area contributed by atoms with E-state index in [2.05, 4.69) is 22.0 Å². The maximum absolute atomic E-state index is 14.6. The molecule has 0 unspecified atom stereocenters. The van der Waals surface area contributed by atoms with Crippen molar-refractivity contribution in [1.29, 1.82) is 10.8 Å². The number of hydrogen-bond acceptors (Lipinski definition) is 5. The molecule has 12 heteroatoms. The maximum atomic E-state index is 14.6. The Labute approximate surface area is 207 Å². The van der Waals surface area contributed by atoms with E-state index >= 15 is 0 Å². The molecule has 1 amide bonds. The van der Waals surface area contributed by atoms with Gasteiger partial charge in [0, 0.05) is 30.5 Å². The summed E-state index contributed by atoms with van der Waals surface area (Å²) < 4.78 is 53.2. The first-order valence-corrected chi connectivity index (χ1v) is 11.0. The highest BCUT2D eigenvalue weighted by molar-refractivity contribution is 6.04. The van der Waals surface area contributed by atoms with Gasteiger partial charge in [0.2, 0.25) is 5.84 Å². The van der Waals surface area contributed by atoms with E-state index in [4.69, 9.17) is 10.8 Å². The zero-order valence-electron chi connectivity index (χ0n) is 19.5. The number of carbonyl (C=O) groups is 1. The molecule has 1 aliphatic heterocycles. The lowest BCUT2D eigenvalue weighted by Gasteiger charge is -2.36. The predicted octanol–water partition coefficient (Wildman–Crippen LogP) is 3.30. The standard InChI is InChI=1S/C25H20F4N6O2/c1-2-3-14-4-6-16-17(10-14)20(32-33-22(16)36)12-15-5-7-19(26)18(11-15)23(37)34-8-9-35(21(30)13-34)24(31)25(27,28)29/h4-7,10-11,30-31H,8-9,12-13H2,1H3,(H,33,36). The quantitative estimate of drug-likeness (QED) is 0.216. The van der Waals surface area contributed by atoms with Gasteiger partial charge in [0.15, 0.2) is 0 Å². The Morgan fingerprint density at radius 1 is 1.16 bits per heavy atom. The van der Waals surface area contributed by atoms with Crippen molar-refractivity contribution in [3.05, 3.63) is 75.0 Å². The molecular weight excluding hydrogens is 492 g/mol. The predicted molar refractivity (Wildman–Crippen MR) is 128 cm³/mol. The van der Waals surface area contributed by atoms with Gasteiger partial charge in [-0.2, -0.15) is 18.3 Å². The van der Waals surface area contributed by atoms with Crippen LogP contribution < -0.4 is 5.56 Å². The number of fused-ring (bicyclic) bond motifs is 1. The minimum atomic E-state index is -4.93. The summed E-state index contributed by atoms with van der Waals surface area (Å²) in [6.45, 7) is 0.533. The van der Waals surface area contributed by atoms with Gasteiger partial charge in [-0.25, -0.2) is 9.49 Å². The number of carbonyl (C=O) groups excluding carboxylic acids is 1. The maximum Gasteiger partial charge on any atom is 0.449 e. The van der Waals surface area contributed by atoms with Gasteiger partial charge in [-0.1, -0.05) is 12.0 Å². The second kappa shape index (κ2) is 9.85. The molecule has 3 aromatic rings. The van der Waals surface area contributed by atoms with Crippen LogP contribution in [0, 0.1) is 28.5 Å². The molecule has 1 fully saturated rings. The smallest absolute Gasteiger partial charge is 0.329 e. The van der Waals surface area contributed by atoms with Crippen LogP contribution >= 0.6 is 0 Å². The van der Waals surface area contributed by atoms with E-state index in [-0.39, 0.29) is 24.1 Å². The first-order chi connectivity index (χ1) is 17.5. The Morgan fingerprint density at radius 2 is 1.92 bits per heavy atom. The molecule has 0 saturated carbocycles. The van der Waals surface area contributed by atoms with E-state index in [1.807, 2.05) is 0 Å². The Balaban J connectivity index is 1.60. The lowest BCUT2D eigenvalue weighted by Crippen LogP contribution is -2.56. The first-order valence-electron chi connectivity index (χ1n) is 11.0. The summed E-state index contributed by atoms with van der Waals surface area (Å²) in [7, 11) is 0. The zero-order chi connectivity index (χ0) is 26.9. The molecule has 4 rings (SSSR count). The third-order valence-corrected chi connectivity index (χ3v) is 5.86. The number of H-pyrrole nitrogens is 1. The second-order valence-electron chi connectivity index (χ2n) is 8.30. The molecule has 0 aliphatic carbocycles. The van der Waals surface area contributed by atoms with Crippen LogP contribution in [0.15, 0.2) is 41.2 Å². The third-order valence-electron chi connectivity index (χ3n) is 5.86. The van der Waals surface area contributed by atoms with Gasteiger partial charge in [0.05, 0.1) is 23.2 Å². The number of rotatable bonds is 3. The summed E-state index contributed by atoms with van der Waals surface area (Å²) in [5.74, 6) is 1.80. The summed E-state index contributed by atoms with van der Waals surface area (Å²) in [6.07, 6.45) is -4.79. The molecule has 1 saturated heterocycles. The van der Waals surface area contributed by atoms with Gasteiger partial charge in [0.1, 0.15) is 11.7 Å². The average molecular weight is 512 g/mol. The molecule has 190 valence electrons. The van der Waals surface area contributed by atoms with Crippen molar-refractivity contribution in [3.63, 3.8) is 0 Å². The molecule has 2 heterocycles.